The number of imide groups is 1. The maximum atomic E-state index is 11.8. The Bertz CT molecular complexity index is 922. The Hall–Kier alpha value is -2.82. The van der Waals surface area contributed by atoms with Gasteiger partial charge in [-0.25, -0.2) is 13.1 Å². The van der Waals surface area contributed by atoms with Crippen molar-refractivity contribution in [3.63, 3.8) is 0 Å². The average molecular weight is 408 g/mol. The number of hydrogen-bond donors (Lipinski definition) is 2. The van der Waals surface area contributed by atoms with Crippen LogP contribution in [-0.4, -0.2) is 39.4 Å². The van der Waals surface area contributed by atoms with Crippen LogP contribution in [0.15, 0.2) is 53.3 Å². The number of nitrogens with one attached hydrogen (secondary N) is 2. The highest BCUT2D eigenvalue weighted by atomic mass is 32.2. The van der Waals surface area contributed by atoms with E-state index in [1.807, 2.05) is 4.72 Å². The monoisotopic (exact) mass is 408 g/mol. The molecule has 0 aliphatic heterocycles. The van der Waals surface area contributed by atoms with E-state index in [1.165, 1.54) is 12.1 Å². The molecule has 1 aromatic heterocycles. The van der Waals surface area contributed by atoms with Crippen molar-refractivity contribution in [1.29, 1.82) is 0 Å². The molecule has 2 N–H and O–H groups in total. The van der Waals surface area contributed by atoms with E-state index in [4.69, 9.17) is 0 Å². The summed E-state index contributed by atoms with van der Waals surface area (Å²) in [5.74, 6) is -2.36. The smallest absolute Gasteiger partial charge is 0.321 e. The minimum atomic E-state index is -3.85. The molecule has 8 nitrogen and oxygen atoms in total. The summed E-state index contributed by atoms with van der Waals surface area (Å²) in [4.78, 5) is 35.1. The lowest BCUT2D eigenvalue weighted by Crippen LogP contribution is -2.35. The van der Waals surface area contributed by atoms with E-state index in [0.29, 0.717) is 10.4 Å². The first-order valence-corrected chi connectivity index (χ1v) is 10.0. The van der Waals surface area contributed by atoms with E-state index in [9.17, 15) is 22.8 Å². The standard InChI is InChI=1S/C17H16N2O6S2/c20-15(19-17(22)14-7-4-9-26-14)12-25-16(21)11-18-27(23,24)10-8-13-5-2-1-3-6-13/h1-10,18H,11-12H2,(H,19,20,22)/b10-8+. The van der Waals surface area contributed by atoms with E-state index < -0.39 is 41.0 Å². The second-order valence-electron chi connectivity index (χ2n) is 5.09. The van der Waals surface area contributed by atoms with Crippen molar-refractivity contribution in [2.45, 2.75) is 0 Å². The molecule has 27 heavy (non-hydrogen) atoms. The molecule has 0 aliphatic rings. The quantitative estimate of drug-likeness (QED) is 0.632. The molecule has 0 fully saturated rings. The largest absolute Gasteiger partial charge is 0.455 e. The average Bonchev–Trinajstić information content (AvgIpc) is 3.19. The lowest BCUT2D eigenvalue weighted by Gasteiger charge is -2.05. The molecule has 1 aromatic carbocycles. The molecular weight excluding hydrogens is 392 g/mol. The van der Waals surface area contributed by atoms with Gasteiger partial charge in [-0.05, 0) is 23.1 Å². The highest BCUT2D eigenvalue weighted by molar-refractivity contribution is 7.92. The molecule has 0 saturated heterocycles. The lowest BCUT2D eigenvalue weighted by molar-refractivity contribution is -0.147. The Labute approximate surface area is 159 Å². The van der Waals surface area contributed by atoms with E-state index in [-0.39, 0.29) is 0 Å². The third-order valence-electron chi connectivity index (χ3n) is 3.02. The second-order valence-corrected chi connectivity index (χ2v) is 7.69. The molecule has 142 valence electrons. The normalized spacial score (nSPS) is 11.3. The topological polar surface area (TPSA) is 119 Å². The zero-order valence-corrected chi connectivity index (χ0v) is 15.6. The molecule has 0 atom stereocenters. The fourth-order valence-corrected chi connectivity index (χ4v) is 3.14. The molecule has 0 radical (unpaired) electrons. The minimum absolute atomic E-state index is 0.340. The van der Waals surface area contributed by atoms with Crippen molar-refractivity contribution < 1.29 is 27.5 Å². The van der Waals surface area contributed by atoms with Gasteiger partial charge >= 0.3 is 5.97 Å². The first kappa shape index (κ1) is 20.5. The molecule has 1 heterocycles. The molecular formula is C17H16N2O6S2. The number of carbonyl (C=O) groups excluding carboxylic acids is 3. The Morgan fingerprint density at radius 2 is 1.81 bits per heavy atom. The maximum Gasteiger partial charge on any atom is 0.321 e. The van der Waals surface area contributed by atoms with Crippen LogP contribution < -0.4 is 10.0 Å². The molecule has 2 amide bonds. The zero-order chi connectivity index (χ0) is 19.7. The molecule has 2 aromatic rings. The minimum Gasteiger partial charge on any atom is -0.455 e. The summed E-state index contributed by atoms with van der Waals surface area (Å²) in [7, 11) is -3.85. The number of carbonyl (C=O) groups is 3. The summed E-state index contributed by atoms with van der Waals surface area (Å²) in [6.45, 7) is -1.34. The molecule has 0 spiro atoms. The molecule has 0 bridgehead atoms. The summed E-state index contributed by atoms with van der Waals surface area (Å²) < 4.78 is 30.2. The van der Waals surface area contributed by atoms with Crippen LogP contribution >= 0.6 is 11.3 Å². The van der Waals surface area contributed by atoms with Gasteiger partial charge in [0, 0.05) is 5.41 Å². The van der Waals surface area contributed by atoms with E-state index >= 15 is 0 Å². The molecule has 2 rings (SSSR count). The molecule has 0 aliphatic carbocycles. The van der Waals surface area contributed by atoms with Crippen LogP contribution in [0.4, 0.5) is 0 Å². The van der Waals surface area contributed by atoms with Crippen molar-refractivity contribution in [1.82, 2.24) is 10.0 Å². The van der Waals surface area contributed by atoms with Crippen LogP contribution in [0.1, 0.15) is 15.2 Å². The summed E-state index contributed by atoms with van der Waals surface area (Å²) in [5.41, 5.74) is 0.678. The molecule has 0 saturated carbocycles. The fourth-order valence-electron chi connectivity index (χ4n) is 1.77. The van der Waals surface area contributed by atoms with Gasteiger partial charge in [0.05, 0.1) is 4.88 Å². The zero-order valence-electron chi connectivity index (χ0n) is 14.0. The van der Waals surface area contributed by atoms with Gasteiger partial charge < -0.3 is 4.74 Å². The van der Waals surface area contributed by atoms with Gasteiger partial charge in [0.2, 0.25) is 10.0 Å². The van der Waals surface area contributed by atoms with Crippen molar-refractivity contribution in [3.8, 4) is 0 Å². The maximum absolute atomic E-state index is 11.8. The van der Waals surface area contributed by atoms with Gasteiger partial charge in [-0.2, -0.15) is 0 Å². The van der Waals surface area contributed by atoms with Gasteiger partial charge in [0.15, 0.2) is 6.61 Å². The Morgan fingerprint density at radius 3 is 2.48 bits per heavy atom. The summed E-state index contributed by atoms with van der Waals surface area (Å²) in [6.07, 6.45) is 1.37. The number of benzene rings is 1. The molecule has 0 unspecified atom stereocenters. The van der Waals surface area contributed by atoms with Crippen LogP contribution in [0.25, 0.3) is 6.08 Å². The number of thiophene rings is 1. The fraction of sp³-hybridized carbons (Fsp3) is 0.118. The number of esters is 1. The third kappa shape index (κ3) is 7.52. The first-order valence-electron chi connectivity index (χ1n) is 7.62. The number of amides is 2. The Morgan fingerprint density at radius 1 is 1.07 bits per heavy atom. The van der Waals surface area contributed by atoms with Gasteiger partial charge in [-0.15, -0.1) is 11.3 Å². The van der Waals surface area contributed by atoms with Crippen LogP contribution in [0.3, 0.4) is 0 Å². The molecule has 10 heteroatoms. The summed E-state index contributed by atoms with van der Waals surface area (Å²) in [5, 5.41) is 4.65. The third-order valence-corrected chi connectivity index (χ3v) is 4.93. The predicted molar refractivity (Wildman–Crippen MR) is 100 cm³/mol. The number of ether oxygens (including phenoxy) is 1. The number of hydrogen-bond acceptors (Lipinski definition) is 7. The van der Waals surface area contributed by atoms with Crippen molar-refractivity contribution >= 4 is 45.2 Å². The van der Waals surface area contributed by atoms with Crippen LogP contribution in [0.5, 0.6) is 0 Å². The van der Waals surface area contributed by atoms with E-state index in [1.54, 1.807) is 41.8 Å². The Balaban J connectivity index is 1.72. The van der Waals surface area contributed by atoms with Gasteiger partial charge in [-0.1, -0.05) is 36.4 Å². The van der Waals surface area contributed by atoms with E-state index in [0.717, 1.165) is 16.7 Å². The van der Waals surface area contributed by atoms with Gasteiger partial charge in [-0.3, -0.25) is 19.7 Å². The summed E-state index contributed by atoms with van der Waals surface area (Å²) in [6, 6.07) is 11.9. The SMILES string of the molecule is O=C(COC(=O)CNS(=O)(=O)/C=C/c1ccccc1)NC(=O)c1cccs1. The van der Waals surface area contributed by atoms with Crippen LogP contribution in [-0.2, 0) is 24.3 Å². The van der Waals surface area contributed by atoms with Crippen molar-refractivity contribution in [2.24, 2.45) is 0 Å². The van der Waals surface area contributed by atoms with E-state index in [2.05, 4.69) is 10.1 Å². The number of rotatable bonds is 8. The van der Waals surface area contributed by atoms with Crippen molar-refractivity contribution in [3.05, 3.63) is 63.7 Å². The van der Waals surface area contributed by atoms with Crippen molar-refractivity contribution in [2.75, 3.05) is 13.2 Å². The van der Waals surface area contributed by atoms with Gasteiger partial charge in [0.25, 0.3) is 11.8 Å². The number of sulfonamides is 1. The van der Waals surface area contributed by atoms with Crippen LogP contribution in [0, 0.1) is 0 Å². The van der Waals surface area contributed by atoms with Crippen LogP contribution in [0.2, 0.25) is 0 Å². The first-order chi connectivity index (χ1) is 12.9. The predicted octanol–water partition coefficient (Wildman–Crippen LogP) is 1.14. The van der Waals surface area contributed by atoms with Gasteiger partial charge in [0.1, 0.15) is 6.54 Å². The lowest BCUT2D eigenvalue weighted by atomic mass is 10.2. The Kier molecular flexibility index (Phi) is 7.41. The summed E-state index contributed by atoms with van der Waals surface area (Å²) >= 11 is 1.16. The second kappa shape index (κ2) is 9.76. The highest BCUT2D eigenvalue weighted by Crippen LogP contribution is 2.07. The highest BCUT2D eigenvalue weighted by Gasteiger charge is 2.14.